The lowest BCUT2D eigenvalue weighted by Gasteiger charge is -2.32. The van der Waals surface area contributed by atoms with E-state index < -0.39 is 0 Å². The van der Waals surface area contributed by atoms with Crippen molar-refractivity contribution in [2.24, 2.45) is 11.7 Å². The number of nitrogens with two attached hydrogens (primary N) is 1. The van der Waals surface area contributed by atoms with Gasteiger partial charge in [-0.3, -0.25) is 0 Å². The van der Waals surface area contributed by atoms with Crippen molar-refractivity contribution in [3.05, 3.63) is 34.9 Å². The van der Waals surface area contributed by atoms with E-state index in [9.17, 15) is 0 Å². The summed E-state index contributed by atoms with van der Waals surface area (Å²) in [6, 6.07) is 6.87. The number of benzene rings is 1. The zero-order valence-electron chi connectivity index (χ0n) is 9.09. The van der Waals surface area contributed by atoms with Crippen LogP contribution in [-0.2, 0) is 0 Å². The van der Waals surface area contributed by atoms with Crippen LogP contribution in [-0.4, -0.2) is 0 Å². The first-order valence-electron chi connectivity index (χ1n) is 5.51. The number of rotatable bonds is 2. The van der Waals surface area contributed by atoms with Crippen molar-refractivity contribution in [3.63, 3.8) is 0 Å². The molecule has 1 aromatic rings. The molecule has 14 heavy (non-hydrogen) atoms. The van der Waals surface area contributed by atoms with Crippen LogP contribution in [0.25, 0.3) is 0 Å². The first-order chi connectivity index (χ1) is 6.68. The molecule has 1 atom stereocenters. The lowest BCUT2D eigenvalue weighted by atomic mass is 9.76. The van der Waals surface area contributed by atoms with Crippen molar-refractivity contribution < 1.29 is 0 Å². The van der Waals surface area contributed by atoms with Gasteiger partial charge >= 0.3 is 0 Å². The van der Waals surface area contributed by atoms with Crippen molar-refractivity contribution in [3.8, 4) is 0 Å². The monoisotopic (exact) mass is 189 g/mol. The molecule has 1 aliphatic carbocycles. The van der Waals surface area contributed by atoms with Crippen molar-refractivity contribution in [2.75, 3.05) is 0 Å². The zero-order chi connectivity index (χ0) is 10.1. The Morgan fingerprint density at radius 2 is 2.00 bits per heavy atom. The largest absolute Gasteiger partial charge is 0.324 e. The molecule has 0 spiro atoms. The third-order valence-corrected chi connectivity index (χ3v) is 3.44. The average Bonchev–Trinajstić information content (AvgIpc) is 2.00. The molecule has 0 aromatic heterocycles. The highest BCUT2D eigenvalue weighted by molar-refractivity contribution is 5.33. The maximum Gasteiger partial charge on any atom is 0.0326 e. The highest BCUT2D eigenvalue weighted by Crippen LogP contribution is 2.37. The summed E-state index contributed by atoms with van der Waals surface area (Å²) in [6.45, 7) is 4.30. The van der Waals surface area contributed by atoms with E-state index in [-0.39, 0.29) is 6.04 Å². The summed E-state index contributed by atoms with van der Waals surface area (Å²) in [5.74, 6) is 0.733. The van der Waals surface area contributed by atoms with Crippen molar-refractivity contribution in [1.82, 2.24) is 0 Å². The van der Waals surface area contributed by atoms with Gasteiger partial charge < -0.3 is 5.73 Å². The molecule has 1 fully saturated rings. The molecule has 0 bridgehead atoms. The topological polar surface area (TPSA) is 26.0 Å². The van der Waals surface area contributed by atoms with Crippen LogP contribution in [0.15, 0.2) is 18.2 Å². The molecule has 0 heterocycles. The molecule has 1 aliphatic rings. The molecule has 0 radical (unpaired) electrons. The van der Waals surface area contributed by atoms with Gasteiger partial charge in [0.05, 0.1) is 0 Å². The second-order valence-electron chi connectivity index (χ2n) is 4.58. The van der Waals surface area contributed by atoms with Crippen LogP contribution < -0.4 is 5.73 Å². The van der Waals surface area contributed by atoms with Crippen LogP contribution >= 0.6 is 0 Å². The molecular weight excluding hydrogens is 170 g/mol. The lowest BCUT2D eigenvalue weighted by molar-refractivity contribution is 0.264. The van der Waals surface area contributed by atoms with E-state index in [2.05, 4.69) is 32.0 Å². The third-order valence-electron chi connectivity index (χ3n) is 3.44. The summed E-state index contributed by atoms with van der Waals surface area (Å²) in [5, 5.41) is 0. The Hall–Kier alpha value is -0.820. The maximum absolute atomic E-state index is 6.25. The van der Waals surface area contributed by atoms with Crippen molar-refractivity contribution in [2.45, 2.75) is 39.2 Å². The first kappa shape index (κ1) is 9.72. The van der Waals surface area contributed by atoms with Gasteiger partial charge in [0.25, 0.3) is 0 Å². The molecule has 0 unspecified atom stereocenters. The quantitative estimate of drug-likeness (QED) is 0.760. The van der Waals surface area contributed by atoms with Gasteiger partial charge in [0.15, 0.2) is 0 Å². The minimum atomic E-state index is 0.268. The summed E-state index contributed by atoms with van der Waals surface area (Å²) in [4.78, 5) is 0. The van der Waals surface area contributed by atoms with Gasteiger partial charge in [0.2, 0.25) is 0 Å². The molecule has 1 heteroatoms. The van der Waals surface area contributed by atoms with E-state index in [1.54, 1.807) is 0 Å². The minimum absolute atomic E-state index is 0.268. The highest BCUT2D eigenvalue weighted by Gasteiger charge is 2.26. The molecule has 2 N–H and O–H groups in total. The molecule has 1 aromatic carbocycles. The smallest absolute Gasteiger partial charge is 0.0326 e. The fourth-order valence-corrected chi connectivity index (χ4v) is 2.25. The van der Waals surface area contributed by atoms with E-state index in [0.29, 0.717) is 0 Å². The fourth-order valence-electron chi connectivity index (χ4n) is 2.25. The molecule has 76 valence electrons. The summed E-state index contributed by atoms with van der Waals surface area (Å²) in [6.07, 6.45) is 3.99. The van der Waals surface area contributed by atoms with Crippen LogP contribution in [0.3, 0.4) is 0 Å². The van der Waals surface area contributed by atoms with E-state index in [1.807, 2.05) is 0 Å². The van der Waals surface area contributed by atoms with E-state index >= 15 is 0 Å². The Kier molecular flexibility index (Phi) is 2.60. The Balaban J connectivity index is 2.22. The minimum Gasteiger partial charge on any atom is -0.324 e. The second kappa shape index (κ2) is 3.74. The van der Waals surface area contributed by atoms with Crippen molar-refractivity contribution >= 4 is 0 Å². The van der Waals surface area contributed by atoms with Crippen molar-refractivity contribution in [1.29, 1.82) is 0 Å². The summed E-state index contributed by atoms with van der Waals surface area (Å²) < 4.78 is 0. The molecule has 1 nitrogen and oxygen atoms in total. The van der Waals surface area contributed by atoms with Crippen LogP contribution in [0.1, 0.15) is 42.0 Å². The Morgan fingerprint density at radius 1 is 1.29 bits per heavy atom. The van der Waals surface area contributed by atoms with Gasteiger partial charge in [0.1, 0.15) is 0 Å². The average molecular weight is 189 g/mol. The standard InChI is InChI=1S/C13H19N/c1-9-6-7-12(10(2)8-9)13(14)11-4-3-5-11/h6-8,11,13H,3-5,14H2,1-2H3/t13-/m0/s1. The Morgan fingerprint density at radius 3 is 2.50 bits per heavy atom. The number of hydrogen-bond donors (Lipinski definition) is 1. The highest BCUT2D eigenvalue weighted by atomic mass is 14.7. The van der Waals surface area contributed by atoms with Gasteiger partial charge in [-0.2, -0.15) is 0 Å². The third kappa shape index (κ3) is 1.69. The van der Waals surface area contributed by atoms with Crippen LogP contribution in [0.4, 0.5) is 0 Å². The Bertz CT molecular complexity index is 326. The second-order valence-corrected chi connectivity index (χ2v) is 4.58. The van der Waals surface area contributed by atoms with E-state index in [0.717, 1.165) is 5.92 Å². The molecule has 0 amide bonds. The SMILES string of the molecule is Cc1ccc([C@@H](N)C2CCC2)c(C)c1. The Labute approximate surface area is 86.3 Å². The van der Waals surface area contributed by atoms with E-state index in [1.165, 1.54) is 36.0 Å². The van der Waals surface area contributed by atoms with Crippen LogP contribution in [0.2, 0.25) is 0 Å². The van der Waals surface area contributed by atoms with Gasteiger partial charge in [0, 0.05) is 6.04 Å². The zero-order valence-corrected chi connectivity index (χ0v) is 9.09. The van der Waals surface area contributed by atoms with Crippen LogP contribution in [0, 0.1) is 19.8 Å². The molecule has 2 rings (SSSR count). The van der Waals surface area contributed by atoms with Gasteiger partial charge in [-0.25, -0.2) is 0 Å². The van der Waals surface area contributed by atoms with Crippen LogP contribution in [0.5, 0.6) is 0 Å². The predicted molar refractivity (Wildman–Crippen MR) is 60.2 cm³/mol. The fraction of sp³-hybridized carbons (Fsp3) is 0.538. The van der Waals surface area contributed by atoms with E-state index in [4.69, 9.17) is 5.73 Å². The lowest BCUT2D eigenvalue weighted by Crippen LogP contribution is -2.27. The molecular formula is C13H19N. The normalized spacial score (nSPS) is 19.1. The number of aryl methyl sites for hydroxylation is 2. The first-order valence-corrected chi connectivity index (χ1v) is 5.51. The summed E-state index contributed by atoms with van der Waals surface area (Å²) in [5.41, 5.74) is 10.3. The predicted octanol–water partition coefficient (Wildman–Crippen LogP) is 3.10. The van der Waals surface area contributed by atoms with Gasteiger partial charge in [-0.1, -0.05) is 30.2 Å². The molecule has 1 saturated carbocycles. The van der Waals surface area contributed by atoms with Gasteiger partial charge in [-0.15, -0.1) is 0 Å². The molecule has 0 aliphatic heterocycles. The van der Waals surface area contributed by atoms with Gasteiger partial charge in [-0.05, 0) is 43.7 Å². The summed E-state index contributed by atoms with van der Waals surface area (Å²) in [7, 11) is 0. The molecule has 0 saturated heterocycles. The summed E-state index contributed by atoms with van der Waals surface area (Å²) >= 11 is 0. The maximum atomic E-state index is 6.25. The number of hydrogen-bond acceptors (Lipinski definition) is 1.